The van der Waals surface area contributed by atoms with E-state index in [0.717, 1.165) is 4.88 Å². The van der Waals surface area contributed by atoms with Crippen LogP contribution in [0.5, 0.6) is 0 Å². The molecule has 0 bridgehead atoms. The van der Waals surface area contributed by atoms with E-state index < -0.39 is 17.4 Å². The topological polar surface area (TPSA) is 63.6 Å². The number of thiophene rings is 1. The highest BCUT2D eigenvalue weighted by atomic mass is 35.5. The van der Waals surface area contributed by atoms with Crippen molar-refractivity contribution in [1.82, 2.24) is 0 Å². The first kappa shape index (κ1) is 16.0. The molecule has 0 aromatic carbocycles. The van der Waals surface area contributed by atoms with E-state index in [-0.39, 0.29) is 18.9 Å². The van der Waals surface area contributed by atoms with Crippen LogP contribution in [0.4, 0.5) is 0 Å². The second-order valence-corrected chi connectivity index (χ2v) is 6.33. The summed E-state index contributed by atoms with van der Waals surface area (Å²) in [6.45, 7) is 5.24. The molecule has 4 nitrogen and oxygen atoms in total. The molecule has 0 saturated heterocycles. The van der Waals surface area contributed by atoms with Gasteiger partial charge in [-0.1, -0.05) is 25.4 Å². The predicted molar refractivity (Wildman–Crippen MR) is 74.6 cm³/mol. The quantitative estimate of drug-likeness (QED) is 0.647. The van der Waals surface area contributed by atoms with Crippen molar-refractivity contribution in [3.63, 3.8) is 0 Å². The predicted octanol–water partition coefficient (Wildman–Crippen LogP) is 3.23. The molecule has 1 atom stereocenters. The lowest BCUT2D eigenvalue weighted by molar-refractivity contribution is -0.172. The molecular formula is C13H17ClO4S. The molecule has 0 spiro atoms. The van der Waals surface area contributed by atoms with Crippen LogP contribution in [0.15, 0.2) is 12.1 Å². The van der Waals surface area contributed by atoms with Crippen LogP contribution in [-0.4, -0.2) is 23.7 Å². The number of hydrogen-bond donors (Lipinski definition) is 1. The lowest BCUT2D eigenvalue weighted by Crippen LogP contribution is -2.46. The Kier molecular flexibility index (Phi) is 5.38. The fourth-order valence-electron chi connectivity index (χ4n) is 1.90. The minimum Gasteiger partial charge on any atom is -0.480 e. The molecule has 0 radical (unpaired) electrons. The third-order valence-corrected chi connectivity index (χ3v) is 4.32. The van der Waals surface area contributed by atoms with Gasteiger partial charge in [0.15, 0.2) is 5.41 Å². The van der Waals surface area contributed by atoms with Crippen molar-refractivity contribution in [2.75, 3.05) is 6.61 Å². The molecule has 0 aliphatic carbocycles. The molecule has 1 aromatic rings. The average molecular weight is 305 g/mol. The van der Waals surface area contributed by atoms with Crippen LogP contribution in [0, 0.1) is 11.3 Å². The van der Waals surface area contributed by atoms with Crippen molar-refractivity contribution in [2.24, 2.45) is 11.3 Å². The summed E-state index contributed by atoms with van der Waals surface area (Å²) in [6, 6.07) is 3.44. The number of rotatable bonds is 6. The number of carboxylic acids is 1. The number of carboxylic acid groups (broad SMARTS) is 1. The number of hydrogen-bond acceptors (Lipinski definition) is 4. The second-order valence-electron chi connectivity index (χ2n) is 4.53. The van der Waals surface area contributed by atoms with Gasteiger partial charge in [-0.3, -0.25) is 9.59 Å². The van der Waals surface area contributed by atoms with E-state index in [9.17, 15) is 14.7 Å². The molecule has 6 heteroatoms. The second kappa shape index (κ2) is 6.39. The third kappa shape index (κ3) is 3.28. The number of halogens is 1. The smallest absolute Gasteiger partial charge is 0.324 e. The van der Waals surface area contributed by atoms with Crippen LogP contribution in [0.3, 0.4) is 0 Å². The first-order valence-electron chi connectivity index (χ1n) is 5.99. The van der Waals surface area contributed by atoms with Gasteiger partial charge in [-0.05, 0) is 25.0 Å². The zero-order valence-electron chi connectivity index (χ0n) is 11.1. The number of esters is 1. The van der Waals surface area contributed by atoms with Crippen molar-refractivity contribution in [1.29, 1.82) is 0 Å². The van der Waals surface area contributed by atoms with Gasteiger partial charge >= 0.3 is 11.9 Å². The molecule has 1 N–H and O–H groups in total. The maximum atomic E-state index is 12.1. The van der Waals surface area contributed by atoms with E-state index in [1.54, 1.807) is 32.9 Å². The normalized spacial score (nSPS) is 14.2. The van der Waals surface area contributed by atoms with Gasteiger partial charge in [0.25, 0.3) is 0 Å². The van der Waals surface area contributed by atoms with Gasteiger partial charge in [-0.2, -0.15) is 0 Å². The fourth-order valence-corrected chi connectivity index (χ4v) is 3.09. The Morgan fingerprint density at radius 1 is 1.47 bits per heavy atom. The molecule has 1 aromatic heterocycles. The molecule has 106 valence electrons. The van der Waals surface area contributed by atoms with E-state index in [0.29, 0.717) is 4.34 Å². The molecule has 0 aliphatic heterocycles. The van der Waals surface area contributed by atoms with Gasteiger partial charge < -0.3 is 9.84 Å². The Hall–Kier alpha value is -1.07. The molecule has 19 heavy (non-hydrogen) atoms. The van der Waals surface area contributed by atoms with Gasteiger partial charge in [0.1, 0.15) is 0 Å². The number of ether oxygens (including phenoxy) is 1. The molecule has 0 fully saturated rings. The zero-order chi connectivity index (χ0) is 14.6. The molecule has 0 saturated carbocycles. The molecule has 0 amide bonds. The van der Waals surface area contributed by atoms with Crippen LogP contribution in [-0.2, 0) is 20.7 Å². The van der Waals surface area contributed by atoms with E-state index >= 15 is 0 Å². The van der Waals surface area contributed by atoms with Crippen LogP contribution in [0.25, 0.3) is 0 Å². The van der Waals surface area contributed by atoms with Crippen molar-refractivity contribution in [3.8, 4) is 0 Å². The van der Waals surface area contributed by atoms with Gasteiger partial charge in [-0.25, -0.2) is 0 Å². The Morgan fingerprint density at radius 3 is 2.47 bits per heavy atom. The first-order valence-corrected chi connectivity index (χ1v) is 7.18. The van der Waals surface area contributed by atoms with Crippen LogP contribution in [0.2, 0.25) is 4.34 Å². The summed E-state index contributed by atoms with van der Waals surface area (Å²) in [7, 11) is 0. The highest BCUT2D eigenvalue weighted by molar-refractivity contribution is 7.16. The van der Waals surface area contributed by atoms with E-state index in [1.165, 1.54) is 11.3 Å². The maximum absolute atomic E-state index is 12.1. The van der Waals surface area contributed by atoms with Crippen molar-refractivity contribution < 1.29 is 19.4 Å². The summed E-state index contributed by atoms with van der Waals surface area (Å²) in [6.07, 6.45) is 0.0935. The standard InChI is InChI=1S/C13H17ClO4S/c1-4-18-12(17)13(8(2)3,11(15)16)7-9-5-6-10(14)19-9/h5-6,8H,4,7H2,1-3H3,(H,15,16). The zero-order valence-corrected chi connectivity index (χ0v) is 12.7. The van der Waals surface area contributed by atoms with Crippen LogP contribution < -0.4 is 0 Å². The van der Waals surface area contributed by atoms with Gasteiger partial charge in [0.05, 0.1) is 10.9 Å². The maximum Gasteiger partial charge on any atom is 0.324 e. The van der Waals surface area contributed by atoms with Gasteiger partial charge in [0.2, 0.25) is 0 Å². The fraction of sp³-hybridized carbons (Fsp3) is 0.538. The van der Waals surface area contributed by atoms with Gasteiger partial charge in [-0.15, -0.1) is 11.3 Å². The number of carbonyl (C=O) groups excluding carboxylic acids is 1. The minimum absolute atomic E-state index is 0.0935. The summed E-state index contributed by atoms with van der Waals surface area (Å²) in [5, 5.41) is 9.53. The summed E-state index contributed by atoms with van der Waals surface area (Å²) >= 11 is 7.12. The first-order chi connectivity index (χ1) is 8.84. The Labute approximate surface area is 121 Å². The summed E-state index contributed by atoms with van der Waals surface area (Å²) in [5.74, 6) is -2.24. The van der Waals surface area contributed by atoms with Crippen molar-refractivity contribution >= 4 is 34.9 Å². The summed E-state index contributed by atoms with van der Waals surface area (Å²) < 4.78 is 5.53. The SMILES string of the molecule is CCOC(=O)C(Cc1ccc(Cl)s1)(C(=O)O)C(C)C. The average Bonchev–Trinajstić information content (AvgIpc) is 2.70. The number of aliphatic carboxylic acids is 1. The molecule has 1 unspecified atom stereocenters. The monoisotopic (exact) mass is 304 g/mol. The summed E-state index contributed by atoms with van der Waals surface area (Å²) in [4.78, 5) is 24.5. The van der Waals surface area contributed by atoms with Crippen LogP contribution >= 0.6 is 22.9 Å². The highest BCUT2D eigenvalue weighted by Crippen LogP contribution is 2.36. The Balaban J connectivity index is 3.16. The molecule has 1 rings (SSSR count). The molecular weight excluding hydrogens is 288 g/mol. The number of carbonyl (C=O) groups is 2. The third-order valence-electron chi connectivity index (χ3n) is 3.09. The lowest BCUT2D eigenvalue weighted by Gasteiger charge is -2.30. The van der Waals surface area contributed by atoms with Gasteiger partial charge in [0, 0.05) is 11.3 Å². The molecule has 1 heterocycles. The van der Waals surface area contributed by atoms with Crippen molar-refractivity contribution in [2.45, 2.75) is 27.2 Å². The van der Waals surface area contributed by atoms with E-state index in [4.69, 9.17) is 16.3 Å². The lowest BCUT2D eigenvalue weighted by atomic mass is 9.74. The van der Waals surface area contributed by atoms with Crippen LogP contribution in [0.1, 0.15) is 25.6 Å². The summed E-state index contributed by atoms with van der Waals surface area (Å²) in [5.41, 5.74) is -1.57. The minimum atomic E-state index is -1.57. The Morgan fingerprint density at radius 2 is 2.11 bits per heavy atom. The van der Waals surface area contributed by atoms with Crippen molar-refractivity contribution in [3.05, 3.63) is 21.3 Å². The highest BCUT2D eigenvalue weighted by Gasteiger charge is 2.50. The van der Waals surface area contributed by atoms with E-state index in [1.807, 2.05) is 0 Å². The molecule has 0 aliphatic rings. The Bertz CT molecular complexity index is 469. The van der Waals surface area contributed by atoms with E-state index in [2.05, 4.69) is 0 Å². The largest absolute Gasteiger partial charge is 0.480 e.